The molecule has 1 aromatic rings. The van der Waals surface area contributed by atoms with E-state index in [9.17, 15) is 14.0 Å². The van der Waals surface area contributed by atoms with Gasteiger partial charge in [-0.3, -0.25) is 9.59 Å². The minimum absolute atomic E-state index is 0.0684. The van der Waals surface area contributed by atoms with E-state index in [4.69, 9.17) is 0 Å². The molecule has 0 unspecified atom stereocenters. The van der Waals surface area contributed by atoms with Crippen molar-refractivity contribution in [2.24, 2.45) is 5.92 Å². The molecule has 1 aromatic carbocycles. The number of carbonyl (C=O) groups excluding carboxylic acids is 2. The lowest BCUT2D eigenvalue weighted by molar-refractivity contribution is -0.127. The van der Waals surface area contributed by atoms with Gasteiger partial charge in [-0.1, -0.05) is 6.42 Å². The van der Waals surface area contributed by atoms with E-state index in [-0.39, 0.29) is 23.5 Å². The highest BCUT2D eigenvalue weighted by Crippen LogP contribution is 2.26. The van der Waals surface area contributed by atoms with Gasteiger partial charge in [0, 0.05) is 31.6 Å². The summed E-state index contributed by atoms with van der Waals surface area (Å²) in [7, 11) is 0. The third kappa shape index (κ3) is 3.56. The van der Waals surface area contributed by atoms with Crippen molar-refractivity contribution in [1.82, 2.24) is 5.32 Å². The number of rotatable bonds is 5. The third-order valence-corrected chi connectivity index (χ3v) is 3.63. The van der Waals surface area contributed by atoms with E-state index >= 15 is 0 Å². The van der Waals surface area contributed by atoms with E-state index in [1.54, 1.807) is 12.1 Å². The lowest BCUT2D eigenvalue weighted by Crippen LogP contribution is -2.41. The van der Waals surface area contributed by atoms with E-state index in [2.05, 4.69) is 5.32 Å². The molecule has 0 heterocycles. The van der Waals surface area contributed by atoms with Crippen molar-refractivity contribution in [2.45, 2.75) is 26.2 Å². The zero-order chi connectivity index (χ0) is 14.5. The Kier molecular flexibility index (Phi) is 4.71. The van der Waals surface area contributed by atoms with Crippen LogP contribution in [-0.2, 0) is 9.59 Å². The van der Waals surface area contributed by atoms with E-state index in [1.165, 1.54) is 24.0 Å². The van der Waals surface area contributed by atoms with Crippen LogP contribution in [0.4, 0.5) is 10.1 Å². The smallest absolute Gasteiger partial charge is 0.223 e. The Hall–Kier alpha value is -1.91. The number of nitrogens with zero attached hydrogens (tertiary/aromatic N) is 1. The molecule has 0 bridgehead atoms. The van der Waals surface area contributed by atoms with Gasteiger partial charge >= 0.3 is 0 Å². The van der Waals surface area contributed by atoms with Crippen LogP contribution in [0.1, 0.15) is 26.2 Å². The fourth-order valence-electron chi connectivity index (χ4n) is 2.20. The number of anilines is 1. The van der Waals surface area contributed by atoms with Gasteiger partial charge in [0.15, 0.2) is 0 Å². The number of amides is 2. The van der Waals surface area contributed by atoms with Crippen LogP contribution in [0.5, 0.6) is 0 Å². The number of hydrogen-bond donors (Lipinski definition) is 1. The highest BCUT2D eigenvalue weighted by atomic mass is 19.1. The standard InChI is InChI=1S/C15H19FN2O2/c1-11(19)18(14-7-5-13(16)6-8-14)10-9-17-15(20)12-3-2-4-12/h5-8,12H,2-4,9-10H2,1H3,(H,17,20). The lowest BCUT2D eigenvalue weighted by Gasteiger charge is -2.25. The summed E-state index contributed by atoms with van der Waals surface area (Å²) in [6.07, 6.45) is 3.04. The van der Waals surface area contributed by atoms with Gasteiger partial charge in [-0.05, 0) is 37.1 Å². The molecule has 20 heavy (non-hydrogen) atoms. The summed E-state index contributed by atoms with van der Waals surface area (Å²) in [5.74, 6) is -0.254. The van der Waals surface area contributed by atoms with Crippen molar-refractivity contribution < 1.29 is 14.0 Å². The maximum absolute atomic E-state index is 12.9. The Labute approximate surface area is 118 Å². The second-order valence-corrected chi connectivity index (χ2v) is 5.07. The molecule has 1 aliphatic rings. The number of halogens is 1. The first kappa shape index (κ1) is 14.5. The van der Waals surface area contributed by atoms with Crippen molar-refractivity contribution >= 4 is 17.5 Å². The van der Waals surface area contributed by atoms with Crippen molar-refractivity contribution in [3.05, 3.63) is 30.1 Å². The van der Waals surface area contributed by atoms with Crippen LogP contribution in [0.2, 0.25) is 0 Å². The third-order valence-electron chi connectivity index (χ3n) is 3.63. The van der Waals surface area contributed by atoms with Crippen LogP contribution in [0.25, 0.3) is 0 Å². The van der Waals surface area contributed by atoms with Crippen molar-refractivity contribution in [1.29, 1.82) is 0 Å². The fraction of sp³-hybridized carbons (Fsp3) is 0.467. The first-order valence-electron chi connectivity index (χ1n) is 6.89. The van der Waals surface area contributed by atoms with Gasteiger partial charge in [0.2, 0.25) is 11.8 Å². The van der Waals surface area contributed by atoms with Crippen LogP contribution in [0.15, 0.2) is 24.3 Å². The summed E-state index contributed by atoms with van der Waals surface area (Å²) < 4.78 is 12.9. The summed E-state index contributed by atoms with van der Waals surface area (Å²) in [6, 6.07) is 5.76. The topological polar surface area (TPSA) is 49.4 Å². The number of carbonyl (C=O) groups is 2. The predicted octanol–water partition coefficient (Wildman–Crippen LogP) is 2.09. The summed E-state index contributed by atoms with van der Waals surface area (Å²) in [6.45, 7) is 2.25. The van der Waals surface area contributed by atoms with Gasteiger partial charge in [0.25, 0.3) is 0 Å². The molecule has 2 amide bonds. The van der Waals surface area contributed by atoms with Crippen LogP contribution in [0, 0.1) is 11.7 Å². The Morgan fingerprint density at radius 3 is 2.45 bits per heavy atom. The summed E-state index contributed by atoms with van der Waals surface area (Å²) >= 11 is 0. The average Bonchev–Trinajstić information content (AvgIpc) is 2.33. The van der Waals surface area contributed by atoms with Gasteiger partial charge in [-0.2, -0.15) is 0 Å². The van der Waals surface area contributed by atoms with Gasteiger partial charge in [0.05, 0.1) is 0 Å². The van der Waals surface area contributed by atoms with Gasteiger partial charge in [-0.25, -0.2) is 4.39 Å². The zero-order valence-corrected chi connectivity index (χ0v) is 11.6. The molecule has 108 valence electrons. The molecule has 0 spiro atoms. The Morgan fingerprint density at radius 2 is 1.95 bits per heavy atom. The van der Waals surface area contributed by atoms with E-state index < -0.39 is 0 Å². The van der Waals surface area contributed by atoms with Crippen LogP contribution in [-0.4, -0.2) is 24.9 Å². The maximum Gasteiger partial charge on any atom is 0.223 e. The van der Waals surface area contributed by atoms with Crippen molar-refractivity contribution in [2.75, 3.05) is 18.0 Å². The van der Waals surface area contributed by atoms with Gasteiger partial charge < -0.3 is 10.2 Å². The second-order valence-electron chi connectivity index (χ2n) is 5.07. The molecule has 5 heteroatoms. The van der Waals surface area contributed by atoms with Crippen molar-refractivity contribution in [3.63, 3.8) is 0 Å². The SMILES string of the molecule is CC(=O)N(CCNC(=O)C1CCC1)c1ccc(F)cc1. The lowest BCUT2D eigenvalue weighted by atomic mass is 9.85. The Balaban J connectivity index is 1.87. The quantitative estimate of drug-likeness (QED) is 0.896. The summed E-state index contributed by atoms with van der Waals surface area (Å²) in [5, 5.41) is 2.84. The molecule has 0 atom stereocenters. The van der Waals surface area contributed by atoms with Crippen molar-refractivity contribution in [3.8, 4) is 0 Å². The molecular weight excluding hydrogens is 259 g/mol. The predicted molar refractivity (Wildman–Crippen MR) is 74.8 cm³/mol. The van der Waals surface area contributed by atoms with Crippen LogP contribution in [0.3, 0.4) is 0 Å². The number of benzene rings is 1. The average molecular weight is 278 g/mol. The largest absolute Gasteiger partial charge is 0.354 e. The minimum Gasteiger partial charge on any atom is -0.354 e. The highest BCUT2D eigenvalue weighted by Gasteiger charge is 2.24. The Morgan fingerprint density at radius 1 is 1.30 bits per heavy atom. The maximum atomic E-state index is 12.9. The minimum atomic E-state index is -0.337. The summed E-state index contributed by atoms with van der Waals surface area (Å²) in [4.78, 5) is 24.8. The molecule has 1 aliphatic carbocycles. The van der Waals surface area contributed by atoms with Gasteiger partial charge in [0.1, 0.15) is 5.82 Å². The molecule has 0 saturated heterocycles. The molecule has 1 N–H and O–H groups in total. The molecule has 0 radical (unpaired) electrons. The van der Waals surface area contributed by atoms with E-state index in [0.717, 1.165) is 19.3 Å². The first-order valence-corrected chi connectivity index (χ1v) is 6.89. The van der Waals surface area contributed by atoms with Gasteiger partial charge in [-0.15, -0.1) is 0 Å². The zero-order valence-electron chi connectivity index (χ0n) is 11.6. The molecule has 0 aliphatic heterocycles. The van der Waals surface area contributed by atoms with Crippen LogP contribution >= 0.6 is 0 Å². The molecule has 0 aromatic heterocycles. The number of hydrogen-bond acceptors (Lipinski definition) is 2. The monoisotopic (exact) mass is 278 g/mol. The van der Waals surface area contributed by atoms with E-state index in [1.807, 2.05) is 0 Å². The van der Waals surface area contributed by atoms with E-state index in [0.29, 0.717) is 18.8 Å². The highest BCUT2D eigenvalue weighted by molar-refractivity contribution is 5.91. The fourth-order valence-corrected chi connectivity index (χ4v) is 2.20. The Bertz CT molecular complexity index is 483. The molecule has 1 saturated carbocycles. The summed E-state index contributed by atoms with van der Waals surface area (Å²) in [5.41, 5.74) is 0.636. The molecule has 1 fully saturated rings. The first-order chi connectivity index (χ1) is 9.58. The molecule has 4 nitrogen and oxygen atoms in total. The second kappa shape index (κ2) is 6.50. The van der Waals surface area contributed by atoms with Crippen LogP contribution < -0.4 is 10.2 Å². The normalized spacial score (nSPS) is 14.5. The number of nitrogens with one attached hydrogen (secondary N) is 1. The molecular formula is C15H19FN2O2. The molecule has 2 rings (SSSR count).